The molecule has 3 heterocycles. The quantitative estimate of drug-likeness (QED) is 0.727. The van der Waals surface area contributed by atoms with Crippen molar-refractivity contribution < 1.29 is 14.3 Å². The number of hydrogen-bond donors (Lipinski definition) is 1. The Morgan fingerprint density at radius 1 is 1.38 bits per heavy atom. The number of ether oxygens (including phenoxy) is 2. The van der Waals surface area contributed by atoms with Crippen molar-refractivity contribution in [3.8, 4) is 0 Å². The molecule has 2 aliphatic heterocycles. The Bertz CT molecular complexity index is 610. The summed E-state index contributed by atoms with van der Waals surface area (Å²) in [5, 5.41) is 3.39. The van der Waals surface area contributed by atoms with Crippen molar-refractivity contribution in [3.63, 3.8) is 0 Å². The van der Waals surface area contributed by atoms with E-state index >= 15 is 0 Å². The minimum atomic E-state index is -0.0639. The third-order valence-electron chi connectivity index (χ3n) is 5.05. The predicted molar refractivity (Wildman–Crippen MR) is 99.7 cm³/mol. The van der Waals surface area contributed by atoms with Crippen LogP contribution in [0.15, 0.2) is 6.07 Å². The maximum absolute atomic E-state index is 11.4. The molecule has 3 rings (SSSR count). The van der Waals surface area contributed by atoms with Crippen molar-refractivity contribution in [2.24, 2.45) is 5.92 Å². The molecular weight excluding hydrogens is 356 g/mol. The van der Waals surface area contributed by atoms with Crippen molar-refractivity contribution in [2.45, 2.75) is 31.6 Å². The van der Waals surface area contributed by atoms with E-state index in [0.29, 0.717) is 23.5 Å². The lowest BCUT2D eigenvalue weighted by Crippen LogP contribution is -2.29. The van der Waals surface area contributed by atoms with Gasteiger partial charge in [-0.2, -0.15) is 0 Å². The standard InChI is InChI=1S/C18H27ClN4O3/c1-25-12-17(24)20-6-2-13-3-7-23(11-13)16-10-15(19)21-18(22-16)14-4-8-26-9-5-14/h10,13-14H,2-9,11-12H2,1H3,(H,20,24). The maximum atomic E-state index is 11.4. The molecule has 144 valence electrons. The van der Waals surface area contributed by atoms with Crippen LogP contribution in [0.2, 0.25) is 5.15 Å². The number of anilines is 1. The molecule has 1 aromatic rings. The molecule has 8 heteroatoms. The van der Waals surface area contributed by atoms with Crippen molar-refractivity contribution in [2.75, 3.05) is 51.5 Å². The van der Waals surface area contributed by atoms with Crippen LogP contribution in [0.3, 0.4) is 0 Å². The molecule has 7 nitrogen and oxygen atoms in total. The van der Waals surface area contributed by atoms with Gasteiger partial charge in [0.15, 0.2) is 0 Å². The van der Waals surface area contributed by atoms with Crippen LogP contribution in [0.4, 0.5) is 5.82 Å². The molecule has 2 aliphatic rings. The lowest BCUT2D eigenvalue weighted by molar-refractivity contribution is -0.124. The summed E-state index contributed by atoms with van der Waals surface area (Å²) in [5.74, 6) is 2.56. The second-order valence-corrected chi connectivity index (χ2v) is 7.35. The van der Waals surface area contributed by atoms with Crippen LogP contribution < -0.4 is 10.2 Å². The van der Waals surface area contributed by atoms with E-state index in [4.69, 9.17) is 26.1 Å². The topological polar surface area (TPSA) is 76.6 Å². The number of amides is 1. The number of carbonyl (C=O) groups excluding carboxylic acids is 1. The van der Waals surface area contributed by atoms with Gasteiger partial charge in [-0.05, 0) is 31.6 Å². The van der Waals surface area contributed by atoms with Gasteiger partial charge in [0.1, 0.15) is 23.4 Å². The fourth-order valence-electron chi connectivity index (χ4n) is 3.60. The molecule has 0 saturated carbocycles. The van der Waals surface area contributed by atoms with Crippen molar-refractivity contribution >= 4 is 23.3 Å². The summed E-state index contributed by atoms with van der Waals surface area (Å²) in [4.78, 5) is 23.0. The average Bonchev–Trinajstić information content (AvgIpc) is 3.11. The maximum Gasteiger partial charge on any atom is 0.245 e. The van der Waals surface area contributed by atoms with E-state index in [1.54, 1.807) is 0 Å². The molecule has 0 bridgehead atoms. The van der Waals surface area contributed by atoms with Gasteiger partial charge in [0.25, 0.3) is 0 Å². The SMILES string of the molecule is COCC(=O)NCCC1CCN(c2cc(Cl)nc(C3CCOCC3)n2)C1. The van der Waals surface area contributed by atoms with Gasteiger partial charge >= 0.3 is 0 Å². The van der Waals surface area contributed by atoms with E-state index in [0.717, 1.165) is 63.6 Å². The molecule has 1 amide bonds. The zero-order valence-electron chi connectivity index (χ0n) is 15.2. The minimum absolute atomic E-state index is 0.0639. The molecule has 0 aromatic carbocycles. The molecule has 1 atom stereocenters. The van der Waals surface area contributed by atoms with Crippen molar-refractivity contribution in [1.82, 2.24) is 15.3 Å². The second-order valence-electron chi connectivity index (χ2n) is 6.97. The highest BCUT2D eigenvalue weighted by Crippen LogP contribution is 2.30. The van der Waals surface area contributed by atoms with Crippen LogP contribution in [0.5, 0.6) is 0 Å². The Balaban J connectivity index is 1.54. The first-order chi connectivity index (χ1) is 12.7. The minimum Gasteiger partial charge on any atom is -0.381 e. The Hall–Kier alpha value is -1.44. The van der Waals surface area contributed by atoms with Gasteiger partial charge in [-0.15, -0.1) is 0 Å². The van der Waals surface area contributed by atoms with E-state index in [1.807, 2.05) is 6.07 Å². The number of aromatic nitrogens is 2. The van der Waals surface area contributed by atoms with E-state index < -0.39 is 0 Å². The van der Waals surface area contributed by atoms with Crippen LogP contribution >= 0.6 is 11.6 Å². The Kier molecular flexibility index (Phi) is 7.05. The molecular formula is C18H27ClN4O3. The van der Waals surface area contributed by atoms with E-state index in [2.05, 4.69) is 15.2 Å². The molecule has 2 saturated heterocycles. The number of hydrogen-bond acceptors (Lipinski definition) is 6. The zero-order valence-corrected chi connectivity index (χ0v) is 16.0. The fraction of sp³-hybridized carbons (Fsp3) is 0.722. The fourth-order valence-corrected chi connectivity index (χ4v) is 3.78. The van der Waals surface area contributed by atoms with Gasteiger partial charge in [0.2, 0.25) is 5.91 Å². The predicted octanol–water partition coefficient (Wildman–Crippen LogP) is 2.00. The second kappa shape index (κ2) is 9.48. The lowest BCUT2D eigenvalue weighted by atomic mass is 9.99. The van der Waals surface area contributed by atoms with Crippen molar-refractivity contribution in [3.05, 3.63) is 17.0 Å². The summed E-state index contributed by atoms with van der Waals surface area (Å²) in [6.07, 6.45) is 3.94. The molecule has 1 N–H and O–H groups in total. The van der Waals surface area contributed by atoms with E-state index in [1.165, 1.54) is 7.11 Å². The molecule has 0 aliphatic carbocycles. The summed E-state index contributed by atoms with van der Waals surface area (Å²) < 4.78 is 10.2. The van der Waals surface area contributed by atoms with Gasteiger partial charge in [-0.1, -0.05) is 11.6 Å². The normalized spacial score (nSPS) is 21.2. The molecule has 2 fully saturated rings. The third kappa shape index (κ3) is 5.28. The number of rotatable bonds is 7. The van der Waals surface area contributed by atoms with Crippen LogP contribution in [0, 0.1) is 5.92 Å². The zero-order chi connectivity index (χ0) is 18.4. The van der Waals surface area contributed by atoms with Crippen LogP contribution in [0.1, 0.15) is 37.4 Å². The third-order valence-corrected chi connectivity index (χ3v) is 5.24. The smallest absolute Gasteiger partial charge is 0.245 e. The monoisotopic (exact) mass is 382 g/mol. The molecule has 26 heavy (non-hydrogen) atoms. The average molecular weight is 383 g/mol. The van der Waals surface area contributed by atoms with Gasteiger partial charge in [-0.3, -0.25) is 4.79 Å². The van der Waals surface area contributed by atoms with Crippen LogP contribution in [-0.2, 0) is 14.3 Å². The lowest BCUT2D eigenvalue weighted by Gasteiger charge is -2.23. The Morgan fingerprint density at radius 2 is 2.19 bits per heavy atom. The molecule has 1 unspecified atom stereocenters. The van der Waals surface area contributed by atoms with E-state index in [9.17, 15) is 4.79 Å². The molecule has 1 aromatic heterocycles. The first-order valence-corrected chi connectivity index (χ1v) is 9.66. The van der Waals surface area contributed by atoms with Gasteiger partial charge < -0.3 is 19.7 Å². The summed E-state index contributed by atoms with van der Waals surface area (Å²) in [6.45, 7) is 4.20. The van der Waals surface area contributed by atoms with Gasteiger partial charge in [-0.25, -0.2) is 9.97 Å². The number of nitrogens with zero attached hydrogens (tertiary/aromatic N) is 3. The summed E-state index contributed by atoms with van der Waals surface area (Å²) in [7, 11) is 1.52. The highest BCUT2D eigenvalue weighted by atomic mass is 35.5. The highest BCUT2D eigenvalue weighted by Gasteiger charge is 2.26. The summed E-state index contributed by atoms with van der Waals surface area (Å²) in [6, 6.07) is 1.85. The molecule has 0 spiro atoms. The number of carbonyl (C=O) groups is 1. The van der Waals surface area contributed by atoms with Gasteiger partial charge in [0.05, 0.1) is 0 Å². The first kappa shape index (κ1) is 19.3. The summed E-state index contributed by atoms with van der Waals surface area (Å²) >= 11 is 6.26. The number of nitrogens with one attached hydrogen (secondary N) is 1. The first-order valence-electron chi connectivity index (χ1n) is 9.28. The molecule has 0 radical (unpaired) electrons. The van der Waals surface area contributed by atoms with Crippen molar-refractivity contribution in [1.29, 1.82) is 0 Å². The highest BCUT2D eigenvalue weighted by molar-refractivity contribution is 6.29. The van der Waals surface area contributed by atoms with Crippen LogP contribution in [-0.4, -0.2) is 62.4 Å². The van der Waals surface area contributed by atoms with E-state index in [-0.39, 0.29) is 12.5 Å². The Morgan fingerprint density at radius 3 is 2.96 bits per heavy atom. The number of halogens is 1. The number of methoxy groups -OCH3 is 1. The Labute approximate surface area is 159 Å². The van der Waals surface area contributed by atoms with Gasteiger partial charge in [0, 0.05) is 51.9 Å². The largest absolute Gasteiger partial charge is 0.381 e. The summed E-state index contributed by atoms with van der Waals surface area (Å²) in [5.41, 5.74) is 0. The van der Waals surface area contributed by atoms with Crippen LogP contribution in [0.25, 0.3) is 0 Å².